The van der Waals surface area contributed by atoms with Gasteiger partial charge in [-0.3, -0.25) is 4.79 Å². The van der Waals surface area contributed by atoms with E-state index in [2.05, 4.69) is 34.3 Å². The number of H-pyrrole nitrogens is 1. The third-order valence-electron chi connectivity index (χ3n) is 4.42. The number of nitrogens with zero attached hydrogens (tertiary/aromatic N) is 2. The van der Waals surface area contributed by atoms with Crippen LogP contribution < -0.4 is 10.9 Å². The number of pyridine rings is 1. The molecule has 0 aliphatic rings. The van der Waals surface area contributed by atoms with Crippen molar-refractivity contribution in [3.05, 3.63) is 45.2 Å². The van der Waals surface area contributed by atoms with Gasteiger partial charge in [0.1, 0.15) is 0 Å². The molecule has 2 N–H and O–H groups in total. The number of aryl methyl sites for hydroxylation is 2. The molecular weight excluding hydrogens is 360 g/mol. The summed E-state index contributed by atoms with van der Waals surface area (Å²) in [7, 11) is 5.70. The molecule has 0 bridgehead atoms. The number of fused-ring (bicyclic) bond motifs is 1. The first-order valence-corrected chi connectivity index (χ1v) is 9.52. The van der Waals surface area contributed by atoms with Gasteiger partial charge in [0.2, 0.25) is 0 Å². The molecule has 0 saturated carbocycles. The minimum atomic E-state index is -0.0657. The molecular formula is C20H30N4O2S. The second-order valence-corrected chi connectivity index (χ2v) is 7.51. The van der Waals surface area contributed by atoms with E-state index in [1.54, 1.807) is 7.11 Å². The molecule has 7 heteroatoms. The molecule has 0 aliphatic carbocycles. The summed E-state index contributed by atoms with van der Waals surface area (Å²) in [6.07, 6.45) is 0. The molecule has 148 valence electrons. The number of aromatic amines is 1. The Morgan fingerprint density at radius 1 is 1.22 bits per heavy atom. The summed E-state index contributed by atoms with van der Waals surface area (Å²) in [4.78, 5) is 19.8. The first kappa shape index (κ1) is 21.3. The predicted molar refractivity (Wildman–Crippen MR) is 115 cm³/mol. The van der Waals surface area contributed by atoms with Gasteiger partial charge < -0.3 is 24.8 Å². The average molecular weight is 391 g/mol. The van der Waals surface area contributed by atoms with Crippen LogP contribution >= 0.6 is 12.2 Å². The maximum atomic E-state index is 12.7. The number of nitrogens with one attached hydrogen (secondary N) is 2. The molecule has 0 unspecified atom stereocenters. The molecule has 0 atom stereocenters. The van der Waals surface area contributed by atoms with Crippen LogP contribution in [0.15, 0.2) is 23.0 Å². The summed E-state index contributed by atoms with van der Waals surface area (Å²) in [6, 6.07) is 6.16. The molecule has 1 aromatic carbocycles. The Morgan fingerprint density at radius 3 is 2.63 bits per heavy atom. The van der Waals surface area contributed by atoms with Crippen molar-refractivity contribution in [3.8, 4) is 0 Å². The predicted octanol–water partition coefficient (Wildman–Crippen LogP) is 2.03. The second kappa shape index (κ2) is 9.82. The van der Waals surface area contributed by atoms with E-state index in [1.807, 2.05) is 32.0 Å². The van der Waals surface area contributed by atoms with E-state index in [1.165, 1.54) is 5.56 Å². The van der Waals surface area contributed by atoms with Crippen molar-refractivity contribution in [1.29, 1.82) is 0 Å². The third-order valence-corrected chi connectivity index (χ3v) is 4.82. The van der Waals surface area contributed by atoms with Gasteiger partial charge in [0.15, 0.2) is 5.11 Å². The average Bonchev–Trinajstić information content (AvgIpc) is 2.59. The van der Waals surface area contributed by atoms with Crippen molar-refractivity contribution in [2.24, 2.45) is 0 Å². The number of likely N-dealkylation sites (N-methyl/N-ethyl adjacent to an activating group) is 1. The molecule has 0 saturated heterocycles. The number of thiocarbonyl (C=S) groups is 1. The van der Waals surface area contributed by atoms with Crippen molar-refractivity contribution in [2.45, 2.75) is 20.4 Å². The van der Waals surface area contributed by atoms with Gasteiger partial charge in [-0.2, -0.15) is 0 Å². The highest BCUT2D eigenvalue weighted by Crippen LogP contribution is 2.18. The Bertz CT molecular complexity index is 848. The van der Waals surface area contributed by atoms with E-state index < -0.39 is 0 Å². The maximum Gasteiger partial charge on any atom is 0.253 e. The Labute approximate surface area is 166 Å². The monoisotopic (exact) mass is 390 g/mol. The molecule has 0 radical (unpaired) electrons. The Kier molecular flexibility index (Phi) is 7.77. The standard InChI is InChI=1S/C20H30N4O2S/c1-14-10-15(2)18-16(11-14)12-17(19(25)22-18)13-24(8-7-23(3)4)20(27)21-6-9-26-5/h10-12H,6-9,13H2,1-5H3,(H,21,27)(H,22,25). The van der Waals surface area contributed by atoms with Gasteiger partial charge in [0.25, 0.3) is 5.56 Å². The third kappa shape index (κ3) is 6.02. The van der Waals surface area contributed by atoms with Gasteiger partial charge in [-0.15, -0.1) is 0 Å². The normalized spacial score (nSPS) is 11.2. The lowest BCUT2D eigenvalue weighted by Crippen LogP contribution is -2.44. The molecule has 1 aromatic heterocycles. The van der Waals surface area contributed by atoms with Gasteiger partial charge in [0.05, 0.1) is 18.7 Å². The molecule has 27 heavy (non-hydrogen) atoms. The van der Waals surface area contributed by atoms with Crippen LogP contribution in [0, 0.1) is 13.8 Å². The van der Waals surface area contributed by atoms with Gasteiger partial charge in [-0.05, 0) is 63.2 Å². The van der Waals surface area contributed by atoms with E-state index >= 15 is 0 Å². The number of benzene rings is 1. The zero-order chi connectivity index (χ0) is 20.0. The van der Waals surface area contributed by atoms with Crippen LogP contribution in [0.4, 0.5) is 0 Å². The van der Waals surface area contributed by atoms with Crippen LogP contribution in [-0.2, 0) is 11.3 Å². The first-order chi connectivity index (χ1) is 12.8. The van der Waals surface area contributed by atoms with E-state index in [4.69, 9.17) is 17.0 Å². The number of methoxy groups -OCH3 is 1. The molecule has 6 nitrogen and oxygen atoms in total. The Morgan fingerprint density at radius 2 is 1.96 bits per heavy atom. The molecule has 0 amide bonds. The lowest BCUT2D eigenvalue weighted by Gasteiger charge is -2.27. The van der Waals surface area contributed by atoms with Gasteiger partial charge in [-0.1, -0.05) is 11.6 Å². The van der Waals surface area contributed by atoms with Crippen LogP contribution in [0.2, 0.25) is 0 Å². The van der Waals surface area contributed by atoms with Crippen LogP contribution in [0.5, 0.6) is 0 Å². The largest absolute Gasteiger partial charge is 0.383 e. The lowest BCUT2D eigenvalue weighted by molar-refractivity contribution is 0.202. The van der Waals surface area contributed by atoms with Gasteiger partial charge in [-0.25, -0.2) is 0 Å². The maximum absolute atomic E-state index is 12.7. The summed E-state index contributed by atoms with van der Waals surface area (Å²) < 4.78 is 5.07. The van der Waals surface area contributed by atoms with Crippen LogP contribution in [0.25, 0.3) is 10.9 Å². The number of aromatic nitrogens is 1. The summed E-state index contributed by atoms with van der Waals surface area (Å²) in [5.74, 6) is 0. The summed E-state index contributed by atoms with van der Waals surface area (Å²) >= 11 is 5.55. The first-order valence-electron chi connectivity index (χ1n) is 9.11. The van der Waals surface area contributed by atoms with Crippen molar-refractivity contribution < 1.29 is 4.74 Å². The van der Waals surface area contributed by atoms with Crippen LogP contribution in [-0.4, -0.2) is 67.3 Å². The van der Waals surface area contributed by atoms with E-state index in [0.717, 1.165) is 29.6 Å². The van der Waals surface area contributed by atoms with E-state index in [-0.39, 0.29) is 5.56 Å². The summed E-state index contributed by atoms with van der Waals surface area (Å²) in [5, 5.41) is 4.89. The second-order valence-electron chi connectivity index (χ2n) is 7.12. The van der Waals surface area contributed by atoms with Gasteiger partial charge in [0, 0.05) is 32.3 Å². The summed E-state index contributed by atoms with van der Waals surface area (Å²) in [6.45, 7) is 7.34. The fraction of sp³-hybridized carbons (Fsp3) is 0.500. The minimum absolute atomic E-state index is 0.0657. The molecule has 0 spiro atoms. The highest BCUT2D eigenvalue weighted by molar-refractivity contribution is 7.80. The SMILES string of the molecule is COCCNC(=S)N(CCN(C)C)Cc1cc2cc(C)cc(C)c2[nH]c1=O. The van der Waals surface area contributed by atoms with E-state index in [0.29, 0.717) is 30.4 Å². The molecule has 0 aliphatic heterocycles. The number of hydrogen-bond donors (Lipinski definition) is 2. The Balaban J connectivity index is 2.28. The number of rotatable bonds is 8. The molecule has 1 heterocycles. The van der Waals surface area contributed by atoms with E-state index in [9.17, 15) is 4.79 Å². The zero-order valence-corrected chi connectivity index (χ0v) is 17.7. The fourth-order valence-corrected chi connectivity index (χ4v) is 3.26. The van der Waals surface area contributed by atoms with Crippen LogP contribution in [0.1, 0.15) is 16.7 Å². The zero-order valence-electron chi connectivity index (χ0n) is 16.9. The quantitative estimate of drug-likeness (QED) is 0.531. The fourth-order valence-electron chi connectivity index (χ4n) is 3.00. The highest BCUT2D eigenvalue weighted by atomic mass is 32.1. The number of ether oxygens (including phenoxy) is 1. The smallest absolute Gasteiger partial charge is 0.253 e. The van der Waals surface area contributed by atoms with Crippen molar-refractivity contribution in [1.82, 2.24) is 20.1 Å². The molecule has 2 rings (SSSR count). The highest BCUT2D eigenvalue weighted by Gasteiger charge is 2.14. The van der Waals surface area contributed by atoms with Gasteiger partial charge >= 0.3 is 0 Å². The van der Waals surface area contributed by atoms with Crippen molar-refractivity contribution in [3.63, 3.8) is 0 Å². The number of hydrogen-bond acceptors (Lipinski definition) is 4. The molecule has 0 fully saturated rings. The summed E-state index contributed by atoms with van der Waals surface area (Å²) in [5.41, 5.74) is 3.80. The van der Waals surface area contributed by atoms with Crippen molar-refractivity contribution >= 4 is 28.2 Å². The minimum Gasteiger partial charge on any atom is -0.383 e. The topological polar surface area (TPSA) is 60.6 Å². The molecule has 2 aromatic rings. The van der Waals surface area contributed by atoms with Crippen molar-refractivity contribution in [2.75, 3.05) is 47.4 Å². The van der Waals surface area contributed by atoms with Crippen LogP contribution in [0.3, 0.4) is 0 Å². The Hall–Kier alpha value is -1.96. The lowest BCUT2D eigenvalue weighted by atomic mass is 10.1.